The number of aryl methyl sites for hydroxylation is 1. The average molecular weight is 583 g/mol. The van der Waals surface area contributed by atoms with Crippen LogP contribution in [-0.2, 0) is 6.18 Å². The lowest BCUT2D eigenvalue weighted by molar-refractivity contribution is -0.138. The second kappa shape index (κ2) is 14.8. The molecule has 0 aromatic carbocycles. The van der Waals surface area contributed by atoms with E-state index in [9.17, 15) is 18.0 Å². The fraction of sp³-hybridized carbons (Fsp3) is 0.406. The Morgan fingerprint density at radius 3 is 2.62 bits per heavy atom. The highest BCUT2D eigenvalue weighted by Gasteiger charge is 2.36. The van der Waals surface area contributed by atoms with Crippen LogP contribution >= 0.6 is 0 Å². The van der Waals surface area contributed by atoms with E-state index in [-0.39, 0.29) is 11.3 Å². The number of likely N-dealkylation sites (N-methyl/N-ethyl adjacent to an activating group) is 1. The summed E-state index contributed by atoms with van der Waals surface area (Å²) < 4.78 is 41.8. The van der Waals surface area contributed by atoms with Gasteiger partial charge in [0.2, 0.25) is 0 Å². The molecule has 1 aliphatic heterocycles. The van der Waals surface area contributed by atoms with Crippen LogP contribution in [0.1, 0.15) is 66.0 Å². The Kier molecular flexibility index (Phi) is 11.5. The van der Waals surface area contributed by atoms with E-state index in [2.05, 4.69) is 44.6 Å². The largest absolute Gasteiger partial charge is 0.418 e. The number of nitrogens with zero attached hydrogens (tertiary/aromatic N) is 4. The number of anilines is 1. The molecule has 2 aromatic rings. The van der Waals surface area contributed by atoms with Gasteiger partial charge in [0.05, 0.1) is 16.8 Å². The number of halogens is 3. The maximum atomic E-state index is 13.9. The number of carbonyl (C=O) groups is 1. The molecule has 1 amide bonds. The quantitative estimate of drug-likeness (QED) is 0.294. The molecule has 10 heteroatoms. The summed E-state index contributed by atoms with van der Waals surface area (Å²) in [6.45, 7) is 7.89. The van der Waals surface area contributed by atoms with E-state index in [0.717, 1.165) is 47.1 Å². The van der Waals surface area contributed by atoms with Crippen molar-refractivity contribution in [3.05, 3.63) is 88.3 Å². The van der Waals surface area contributed by atoms with Crippen molar-refractivity contribution in [1.29, 1.82) is 0 Å². The summed E-state index contributed by atoms with van der Waals surface area (Å²) in [5.41, 5.74) is 4.44. The van der Waals surface area contributed by atoms with Crippen molar-refractivity contribution in [3.8, 4) is 0 Å². The maximum Gasteiger partial charge on any atom is 0.418 e. The van der Waals surface area contributed by atoms with Crippen LogP contribution in [0.2, 0.25) is 0 Å². The van der Waals surface area contributed by atoms with Gasteiger partial charge in [-0.3, -0.25) is 19.7 Å². The minimum absolute atomic E-state index is 0.0830. The van der Waals surface area contributed by atoms with Crippen LogP contribution < -0.4 is 10.6 Å². The van der Waals surface area contributed by atoms with Gasteiger partial charge in [-0.1, -0.05) is 37.1 Å². The molecule has 0 saturated carbocycles. The van der Waals surface area contributed by atoms with Gasteiger partial charge in [-0.05, 0) is 50.5 Å². The summed E-state index contributed by atoms with van der Waals surface area (Å²) >= 11 is 0. The molecule has 3 rings (SSSR count). The van der Waals surface area contributed by atoms with E-state index in [1.165, 1.54) is 25.2 Å². The van der Waals surface area contributed by atoms with Crippen LogP contribution in [0.5, 0.6) is 0 Å². The Morgan fingerprint density at radius 1 is 1.24 bits per heavy atom. The molecule has 0 fully saturated rings. The molecule has 0 radical (unpaired) electrons. The van der Waals surface area contributed by atoms with Gasteiger partial charge in [0.15, 0.2) is 0 Å². The Hall–Kier alpha value is -3.92. The molecule has 0 unspecified atom stereocenters. The molecular formula is C32H41F3N6O. The Balaban J connectivity index is 1.75. The predicted octanol–water partition coefficient (Wildman–Crippen LogP) is 6.53. The number of aromatic nitrogens is 2. The van der Waals surface area contributed by atoms with Crippen molar-refractivity contribution in [3.63, 3.8) is 0 Å². The summed E-state index contributed by atoms with van der Waals surface area (Å²) in [7, 11) is 4.89. The molecule has 1 aliphatic rings. The van der Waals surface area contributed by atoms with Crippen LogP contribution in [-0.4, -0.2) is 66.5 Å². The number of unbranched alkanes of at least 4 members (excludes halogenated alkanes) is 1. The molecule has 2 N–H and O–H groups in total. The lowest BCUT2D eigenvalue weighted by Crippen LogP contribution is -2.30. The normalized spacial score (nSPS) is 15.1. The van der Waals surface area contributed by atoms with Crippen molar-refractivity contribution in [2.45, 2.75) is 46.2 Å². The zero-order chi connectivity index (χ0) is 30.9. The zero-order valence-corrected chi connectivity index (χ0v) is 25.3. The summed E-state index contributed by atoms with van der Waals surface area (Å²) in [4.78, 5) is 24.2. The van der Waals surface area contributed by atoms with E-state index < -0.39 is 17.6 Å². The molecule has 0 bridgehead atoms. The smallest absolute Gasteiger partial charge is 0.388 e. The number of pyridine rings is 2. The number of rotatable bonds is 11. The molecule has 0 aliphatic carbocycles. The lowest BCUT2D eigenvalue weighted by Gasteiger charge is -2.27. The number of hydrogen-bond donors (Lipinski definition) is 2. The average Bonchev–Trinajstić information content (AvgIpc) is 2.95. The molecule has 0 saturated heterocycles. The van der Waals surface area contributed by atoms with Crippen LogP contribution in [0, 0.1) is 6.92 Å². The number of carbonyl (C=O) groups excluding carboxylic acids is 1. The molecule has 2 aromatic heterocycles. The van der Waals surface area contributed by atoms with Crippen LogP contribution in [0.3, 0.4) is 0 Å². The van der Waals surface area contributed by atoms with E-state index in [1.807, 2.05) is 39.2 Å². The van der Waals surface area contributed by atoms with Crippen molar-refractivity contribution < 1.29 is 18.0 Å². The number of nitrogens with one attached hydrogen (secondary N) is 2. The maximum absolute atomic E-state index is 13.9. The Morgan fingerprint density at radius 2 is 2.00 bits per heavy atom. The minimum atomic E-state index is -4.62. The highest BCUT2D eigenvalue weighted by molar-refractivity contribution is 5.94. The molecule has 226 valence electrons. The topological polar surface area (TPSA) is 73.4 Å². The number of allylic oxidation sites excluding steroid dienone is 2. The van der Waals surface area contributed by atoms with E-state index in [1.54, 1.807) is 12.3 Å². The molecule has 3 heterocycles. The van der Waals surface area contributed by atoms with Crippen LogP contribution in [0.25, 0.3) is 11.6 Å². The number of hydrogen-bond acceptors (Lipinski definition) is 6. The number of amides is 1. The van der Waals surface area contributed by atoms with Crippen molar-refractivity contribution in [2.24, 2.45) is 0 Å². The predicted molar refractivity (Wildman–Crippen MR) is 164 cm³/mol. The van der Waals surface area contributed by atoms with Gasteiger partial charge < -0.3 is 15.5 Å². The fourth-order valence-electron chi connectivity index (χ4n) is 4.69. The molecule has 0 spiro atoms. The van der Waals surface area contributed by atoms with Crippen molar-refractivity contribution >= 4 is 23.2 Å². The van der Waals surface area contributed by atoms with Crippen molar-refractivity contribution in [2.75, 3.05) is 46.1 Å². The van der Waals surface area contributed by atoms with Gasteiger partial charge in [-0.25, -0.2) is 0 Å². The molecular weight excluding hydrogens is 541 g/mol. The lowest BCUT2D eigenvalue weighted by atomic mass is 9.98. The highest BCUT2D eigenvalue weighted by Crippen LogP contribution is 2.36. The van der Waals surface area contributed by atoms with Gasteiger partial charge in [0.25, 0.3) is 5.91 Å². The first-order chi connectivity index (χ1) is 19.9. The fourth-order valence-corrected chi connectivity index (χ4v) is 4.69. The standard InChI is InChI=1S/C32H41F3N6O/c1-7-8-9-26(36-4)10-14-38-29-11-15-37-23(3)27(29)18-22(2)21-41-16-12-24(13-17-41)30-28(32(33,34)35)19-25(20-39-30)31(42)40(5)6/h9-12,14-15,18-20,36H,7-8,13,16-17,21H2,1-6H3,(H,37,38)/b14-10-,22-18+,26-9+. The third-order valence-electron chi connectivity index (χ3n) is 6.94. The first kappa shape index (κ1) is 32.6. The van der Waals surface area contributed by atoms with Gasteiger partial charge >= 0.3 is 6.18 Å². The van der Waals surface area contributed by atoms with Crippen molar-refractivity contribution in [1.82, 2.24) is 25.1 Å². The third-order valence-corrected chi connectivity index (χ3v) is 6.94. The first-order valence-electron chi connectivity index (χ1n) is 14.1. The first-order valence-corrected chi connectivity index (χ1v) is 14.1. The summed E-state index contributed by atoms with van der Waals surface area (Å²) in [5, 5.41) is 6.56. The number of alkyl halides is 3. The van der Waals surface area contributed by atoms with E-state index in [0.29, 0.717) is 31.6 Å². The monoisotopic (exact) mass is 582 g/mol. The van der Waals surface area contributed by atoms with Crippen LogP contribution in [0.15, 0.2) is 60.2 Å². The molecule has 7 nitrogen and oxygen atoms in total. The highest BCUT2D eigenvalue weighted by atomic mass is 19.4. The Bertz CT molecular complexity index is 1370. The molecule has 0 atom stereocenters. The SMILES string of the molecule is CCC/C=C(\C=C/Nc1ccnc(C)c1/C=C(\C)CN1CC=C(c2ncc(C(=O)N(C)C)cc2C(F)(F)F)CC1)NC. The van der Waals surface area contributed by atoms with E-state index >= 15 is 0 Å². The van der Waals surface area contributed by atoms with E-state index in [4.69, 9.17) is 0 Å². The Labute approximate surface area is 246 Å². The third kappa shape index (κ3) is 8.79. The van der Waals surface area contributed by atoms with Gasteiger partial charge in [0.1, 0.15) is 0 Å². The second-order valence-corrected chi connectivity index (χ2v) is 10.6. The van der Waals surface area contributed by atoms with Gasteiger partial charge in [-0.2, -0.15) is 13.2 Å². The second-order valence-electron chi connectivity index (χ2n) is 10.6. The van der Waals surface area contributed by atoms with Gasteiger partial charge in [0, 0.05) is 82.0 Å². The zero-order valence-electron chi connectivity index (χ0n) is 25.3. The molecule has 42 heavy (non-hydrogen) atoms. The van der Waals surface area contributed by atoms with Crippen LogP contribution in [0.4, 0.5) is 18.9 Å². The summed E-state index contributed by atoms with van der Waals surface area (Å²) in [5.74, 6) is -0.518. The summed E-state index contributed by atoms with van der Waals surface area (Å²) in [6, 6.07) is 2.84. The summed E-state index contributed by atoms with van der Waals surface area (Å²) in [6.07, 6.45) is 10.8. The minimum Gasteiger partial charge on any atom is -0.388 e. The van der Waals surface area contributed by atoms with Gasteiger partial charge in [-0.15, -0.1) is 0 Å².